The lowest BCUT2D eigenvalue weighted by Gasteiger charge is -2.12. The van der Waals surface area contributed by atoms with Crippen molar-refractivity contribution in [3.8, 4) is 11.8 Å². The maximum atomic E-state index is 14.0. The molecule has 3 nitrogen and oxygen atoms in total. The Bertz CT molecular complexity index is 837. The van der Waals surface area contributed by atoms with Crippen molar-refractivity contribution in [2.75, 3.05) is 0 Å². The van der Waals surface area contributed by atoms with Gasteiger partial charge in [-0.1, -0.05) is 0 Å². The van der Waals surface area contributed by atoms with Crippen molar-refractivity contribution in [3.63, 3.8) is 0 Å². The monoisotopic (exact) mass is 387 g/mol. The fraction of sp³-hybridized carbons (Fsp3) is 0.231. The maximum absolute atomic E-state index is 14.0. The molecule has 0 aliphatic rings. The van der Waals surface area contributed by atoms with Crippen LogP contribution in [0.15, 0.2) is 17.0 Å². The first kappa shape index (κ1) is 19.0. The third-order valence-electron chi connectivity index (χ3n) is 2.94. The van der Waals surface area contributed by atoms with Crippen LogP contribution in [0.5, 0.6) is 0 Å². The third kappa shape index (κ3) is 3.87. The molecule has 0 aliphatic heterocycles. The summed E-state index contributed by atoms with van der Waals surface area (Å²) in [5.74, 6) is -3.38. The molecular formula is C13H5F8N3S. The number of rotatable bonds is 2. The van der Waals surface area contributed by atoms with E-state index < -0.39 is 62.6 Å². The van der Waals surface area contributed by atoms with Crippen LogP contribution in [-0.2, 0) is 6.18 Å². The molecule has 25 heavy (non-hydrogen) atoms. The van der Waals surface area contributed by atoms with Gasteiger partial charge in [0.1, 0.15) is 11.8 Å². The standard InChI is InChI=1S/C13H5F8N3S/c1-5-11(25-13(19,20)21)9(4-22)23-24(5)10-7(14)2-6(3-8(10)15)12(16,17)18/h2-3H,1H3. The lowest BCUT2D eigenvalue weighted by Crippen LogP contribution is -2.11. The van der Waals surface area contributed by atoms with Crippen LogP contribution in [-0.4, -0.2) is 15.3 Å². The van der Waals surface area contributed by atoms with Gasteiger partial charge in [0, 0.05) is 0 Å². The van der Waals surface area contributed by atoms with Crippen LogP contribution in [0.1, 0.15) is 17.0 Å². The highest BCUT2D eigenvalue weighted by atomic mass is 32.2. The molecule has 134 valence electrons. The molecule has 12 heteroatoms. The van der Waals surface area contributed by atoms with Crippen LogP contribution in [0.2, 0.25) is 0 Å². The number of alkyl halides is 6. The summed E-state index contributed by atoms with van der Waals surface area (Å²) in [6.07, 6.45) is -5.02. The fourth-order valence-electron chi connectivity index (χ4n) is 1.95. The van der Waals surface area contributed by atoms with Crippen LogP contribution in [0.25, 0.3) is 5.69 Å². The van der Waals surface area contributed by atoms with E-state index >= 15 is 0 Å². The molecule has 2 rings (SSSR count). The van der Waals surface area contributed by atoms with Gasteiger partial charge in [-0.05, 0) is 30.8 Å². The van der Waals surface area contributed by atoms with Gasteiger partial charge in [-0.15, -0.1) is 0 Å². The van der Waals surface area contributed by atoms with E-state index in [2.05, 4.69) is 5.10 Å². The first-order chi connectivity index (χ1) is 11.3. The van der Waals surface area contributed by atoms with Gasteiger partial charge in [-0.25, -0.2) is 13.5 Å². The molecule has 0 amide bonds. The van der Waals surface area contributed by atoms with Gasteiger partial charge >= 0.3 is 11.7 Å². The van der Waals surface area contributed by atoms with E-state index in [1.807, 2.05) is 0 Å². The molecule has 1 heterocycles. The van der Waals surface area contributed by atoms with Gasteiger partial charge in [-0.2, -0.15) is 36.7 Å². The number of aromatic nitrogens is 2. The van der Waals surface area contributed by atoms with Gasteiger partial charge < -0.3 is 0 Å². The summed E-state index contributed by atoms with van der Waals surface area (Å²) in [4.78, 5) is -0.700. The van der Waals surface area contributed by atoms with E-state index in [0.717, 1.165) is 6.92 Å². The topological polar surface area (TPSA) is 41.6 Å². The molecule has 1 aromatic carbocycles. The molecule has 0 fully saturated rings. The number of hydrogen-bond acceptors (Lipinski definition) is 3. The quantitative estimate of drug-likeness (QED) is 0.540. The Balaban J connectivity index is 2.66. The zero-order valence-corrected chi connectivity index (χ0v) is 12.7. The van der Waals surface area contributed by atoms with Gasteiger partial charge in [0.25, 0.3) is 0 Å². The normalized spacial score (nSPS) is 12.3. The molecule has 0 radical (unpaired) electrons. The highest BCUT2D eigenvalue weighted by Crippen LogP contribution is 2.41. The van der Waals surface area contributed by atoms with Crippen molar-refractivity contribution in [3.05, 3.63) is 40.7 Å². The number of thioether (sulfide) groups is 1. The van der Waals surface area contributed by atoms with Crippen LogP contribution >= 0.6 is 11.8 Å². The molecule has 0 unspecified atom stereocenters. The summed E-state index contributed by atoms with van der Waals surface area (Å²) in [6.45, 7) is 0.998. The minimum atomic E-state index is -5.02. The summed E-state index contributed by atoms with van der Waals surface area (Å²) in [5.41, 5.74) is -8.74. The Hall–Kier alpha value is -2.29. The van der Waals surface area contributed by atoms with Gasteiger partial charge in [0.15, 0.2) is 17.3 Å². The van der Waals surface area contributed by atoms with Gasteiger partial charge in [0.2, 0.25) is 0 Å². The van der Waals surface area contributed by atoms with Gasteiger partial charge in [-0.3, -0.25) is 0 Å². The first-order valence-corrected chi connectivity index (χ1v) is 6.99. The van der Waals surface area contributed by atoms with Crippen LogP contribution in [0, 0.1) is 29.9 Å². The van der Waals surface area contributed by atoms with Crippen molar-refractivity contribution in [1.29, 1.82) is 5.26 Å². The smallest absolute Gasteiger partial charge is 0.230 e. The lowest BCUT2D eigenvalue weighted by atomic mass is 10.1. The predicted molar refractivity (Wildman–Crippen MR) is 69.8 cm³/mol. The van der Waals surface area contributed by atoms with Gasteiger partial charge in [0.05, 0.1) is 16.2 Å². The van der Waals surface area contributed by atoms with E-state index in [4.69, 9.17) is 5.26 Å². The van der Waals surface area contributed by atoms with Crippen molar-refractivity contribution >= 4 is 11.8 Å². The minimum Gasteiger partial charge on any atom is -0.230 e. The fourth-order valence-corrected chi connectivity index (χ4v) is 2.60. The Morgan fingerprint density at radius 2 is 1.60 bits per heavy atom. The second-order valence-electron chi connectivity index (χ2n) is 4.62. The van der Waals surface area contributed by atoms with Crippen LogP contribution in [0.4, 0.5) is 35.1 Å². The second-order valence-corrected chi connectivity index (χ2v) is 5.70. The molecule has 2 aromatic rings. The molecule has 0 spiro atoms. The minimum absolute atomic E-state index is 0.0118. The van der Waals surface area contributed by atoms with Crippen LogP contribution in [0.3, 0.4) is 0 Å². The largest absolute Gasteiger partial charge is 0.446 e. The zero-order chi connectivity index (χ0) is 19.2. The molecule has 0 atom stereocenters. The van der Waals surface area contributed by atoms with Crippen LogP contribution < -0.4 is 0 Å². The number of benzene rings is 1. The summed E-state index contributed by atoms with van der Waals surface area (Å²) in [7, 11) is 0. The molecule has 0 saturated heterocycles. The Kier molecular flexibility index (Phi) is 4.73. The molecule has 0 aliphatic carbocycles. The Morgan fingerprint density at radius 1 is 1.08 bits per heavy atom. The SMILES string of the molecule is Cc1c(SC(F)(F)F)c(C#N)nn1-c1c(F)cc(C(F)(F)F)cc1F. The molecule has 0 bridgehead atoms. The van der Waals surface area contributed by atoms with Crippen molar-refractivity contribution in [2.24, 2.45) is 0 Å². The molecule has 0 saturated carbocycles. The summed E-state index contributed by atoms with van der Waals surface area (Å²) in [6, 6.07) is 1.32. The first-order valence-electron chi connectivity index (χ1n) is 6.17. The van der Waals surface area contributed by atoms with E-state index in [1.54, 1.807) is 0 Å². The van der Waals surface area contributed by atoms with E-state index in [-0.39, 0.29) is 12.1 Å². The molecule has 0 N–H and O–H groups in total. The molecular weight excluding hydrogens is 382 g/mol. The second kappa shape index (κ2) is 6.21. The number of hydrogen-bond donors (Lipinski definition) is 0. The zero-order valence-electron chi connectivity index (χ0n) is 11.9. The number of halogens is 8. The van der Waals surface area contributed by atoms with E-state index in [9.17, 15) is 35.1 Å². The van der Waals surface area contributed by atoms with Crippen molar-refractivity contribution in [1.82, 2.24) is 9.78 Å². The Morgan fingerprint density at radius 3 is 2.00 bits per heavy atom. The average Bonchev–Trinajstić information content (AvgIpc) is 2.73. The predicted octanol–water partition coefficient (Wildman–Crippen LogP) is 4.96. The molecule has 1 aromatic heterocycles. The van der Waals surface area contributed by atoms with Crippen molar-refractivity contribution in [2.45, 2.75) is 23.5 Å². The summed E-state index contributed by atoms with van der Waals surface area (Å²) >= 11 is -0.718. The van der Waals surface area contributed by atoms with Crippen molar-refractivity contribution < 1.29 is 35.1 Å². The Labute approximate surface area is 138 Å². The lowest BCUT2D eigenvalue weighted by molar-refractivity contribution is -0.138. The third-order valence-corrected chi connectivity index (χ3v) is 3.87. The highest BCUT2D eigenvalue weighted by Gasteiger charge is 2.36. The number of nitrogens with zero attached hydrogens (tertiary/aromatic N) is 3. The summed E-state index contributed by atoms with van der Waals surface area (Å²) in [5, 5.41) is 12.2. The van der Waals surface area contributed by atoms with E-state index in [0.29, 0.717) is 4.68 Å². The summed E-state index contributed by atoms with van der Waals surface area (Å²) < 4.78 is 104. The maximum Gasteiger partial charge on any atom is 0.446 e. The number of nitriles is 1. The van der Waals surface area contributed by atoms with E-state index in [1.165, 1.54) is 6.07 Å². The average molecular weight is 387 g/mol. The highest BCUT2D eigenvalue weighted by molar-refractivity contribution is 8.00.